The summed E-state index contributed by atoms with van der Waals surface area (Å²) in [6.45, 7) is 1.50. The van der Waals surface area contributed by atoms with Crippen LogP contribution in [0.2, 0.25) is 0 Å². The van der Waals surface area contributed by atoms with E-state index in [0.717, 1.165) is 18.2 Å². The number of nitrogens with zero attached hydrogens (tertiary/aromatic N) is 2. The first-order chi connectivity index (χ1) is 7.68. The van der Waals surface area contributed by atoms with Gasteiger partial charge in [0.25, 0.3) is 5.96 Å². The molecule has 0 bridgehead atoms. The third-order valence-corrected chi connectivity index (χ3v) is 3.64. The van der Waals surface area contributed by atoms with Crippen LogP contribution in [0, 0.1) is 15.5 Å². The van der Waals surface area contributed by atoms with Crippen molar-refractivity contribution in [1.29, 1.82) is 5.41 Å². The van der Waals surface area contributed by atoms with E-state index >= 15 is 0 Å². The lowest BCUT2D eigenvalue weighted by Gasteiger charge is -2.12. The minimum Gasteiger partial charge on any atom is -0.351 e. The Morgan fingerprint density at radius 2 is 2.56 bits per heavy atom. The highest BCUT2D eigenvalue weighted by Gasteiger charge is 2.06. The standard InChI is InChI=1S/C7H13N5O2S2/c8-7(10-12(13)14)9-2-5-15-6-11-3-1-4-16-11/h1,4H,2-3,5-6H2,(H3,8,9,10). The van der Waals surface area contributed by atoms with Gasteiger partial charge in [0.1, 0.15) is 0 Å². The van der Waals surface area contributed by atoms with Crippen molar-refractivity contribution in [2.75, 3.05) is 24.7 Å². The van der Waals surface area contributed by atoms with E-state index in [9.17, 15) is 10.1 Å². The third kappa shape index (κ3) is 5.83. The highest BCUT2D eigenvalue weighted by atomic mass is 32.2. The predicted octanol–water partition coefficient (Wildman–Crippen LogP) is 0.460. The molecule has 1 aliphatic rings. The van der Waals surface area contributed by atoms with Crippen LogP contribution in [0.25, 0.3) is 0 Å². The number of nitrogens with one attached hydrogen (secondary N) is 3. The largest absolute Gasteiger partial charge is 0.351 e. The summed E-state index contributed by atoms with van der Waals surface area (Å²) >= 11 is 3.40. The van der Waals surface area contributed by atoms with Crippen molar-refractivity contribution in [1.82, 2.24) is 15.0 Å². The van der Waals surface area contributed by atoms with E-state index in [-0.39, 0.29) is 5.96 Å². The minimum atomic E-state index is -0.755. The van der Waals surface area contributed by atoms with Crippen molar-refractivity contribution in [2.24, 2.45) is 0 Å². The molecular formula is C7H13N5O2S2. The molecule has 0 aromatic carbocycles. The van der Waals surface area contributed by atoms with Crippen LogP contribution in [0.3, 0.4) is 0 Å². The van der Waals surface area contributed by atoms with Crippen molar-refractivity contribution < 1.29 is 5.03 Å². The summed E-state index contributed by atoms with van der Waals surface area (Å²) in [6, 6.07) is 0. The number of hydrogen-bond donors (Lipinski definition) is 3. The Morgan fingerprint density at radius 1 is 1.75 bits per heavy atom. The Bertz CT molecular complexity index is 278. The Hall–Kier alpha value is -0.930. The van der Waals surface area contributed by atoms with Crippen molar-refractivity contribution in [3.63, 3.8) is 0 Å². The van der Waals surface area contributed by atoms with Gasteiger partial charge in [-0.25, -0.2) is 14.4 Å². The molecule has 90 valence electrons. The summed E-state index contributed by atoms with van der Waals surface area (Å²) in [4.78, 5) is 9.96. The fourth-order valence-corrected chi connectivity index (χ4v) is 2.63. The molecule has 0 aromatic heterocycles. The molecule has 0 atom stereocenters. The van der Waals surface area contributed by atoms with Crippen LogP contribution in [-0.2, 0) is 0 Å². The first-order valence-electron chi connectivity index (χ1n) is 4.56. The molecule has 0 spiro atoms. The fourth-order valence-electron chi connectivity index (χ4n) is 0.961. The summed E-state index contributed by atoms with van der Waals surface area (Å²) in [7, 11) is 0. The summed E-state index contributed by atoms with van der Waals surface area (Å²) in [5.74, 6) is 1.44. The summed E-state index contributed by atoms with van der Waals surface area (Å²) in [6.07, 6.45) is 2.10. The van der Waals surface area contributed by atoms with Crippen LogP contribution < -0.4 is 10.7 Å². The fraction of sp³-hybridized carbons (Fsp3) is 0.571. The van der Waals surface area contributed by atoms with Gasteiger partial charge in [0.2, 0.25) is 0 Å². The van der Waals surface area contributed by atoms with E-state index in [1.807, 2.05) is 0 Å². The van der Waals surface area contributed by atoms with E-state index in [1.54, 1.807) is 29.1 Å². The van der Waals surface area contributed by atoms with Gasteiger partial charge in [-0.1, -0.05) is 11.5 Å². The van der Waals surface area contributed by atoms with Crippen LogP contribution in [0.15, 0.2) is 11.5 Å². The van der Waals surface area contributed by atoms with Gasteiger partial charge in [0.05, 0.1) is 5.88 Å². The molecule has 16 heavy (non-hydrogen) atoms. The van der Waals surface area contributed by atoms with Crippen LogP contribution in [0.5, 0.6) is 0 Å². The molecular weight excluding hydrogens is 250 g/mol. The second-order valence-corrected chi connectivity index (χ2v) is 4.92. The predicted molar refractivity (Wildman–Crippen MR) is 66.6 cm³/mol. The smallest absolute Gasteiger partial charge is 0.251 e. The normalized spacial score (nSPS) is 15.0. The Labute approximate surface area is 102 Å². The Morgan fingerprint density at radius 3 is 3.19 bits per heavy atom. The summed E-state index contributed by atoms with van der Waals surface area (Å²) in [5, 5.41) is 21.0. The lowest BCUT2D eigenvalue weighted by Crippen LogP contribution is -2.40. The molecule has 0 saturated carbocycles. The van der Waals surface area contributed by atoms with Crippen molar-refractivity contribution in [3.8, 4) is 0 Å². The SMILES string of the molecule is N=C(NCCSCN1CC=CS1)N[N+](=O)[O-]. The van der Waals surface area contributed by atoms with E-state index in [2.05, 4.69) is 21.1 Å². The van der Waals surface area contributed by atoms with Crippen molar-refractivity contribution >= 4 is 29.7 Å². The maximum Gasteiger partial charge on any atom is 0.251 e. The number of thioether (sulfide) groups is 1. The van der Waals surface area contributed by atoms with Crippen LogP contribution in [-0.4, -0.2) is 40.0 Å². The number of rotatable bonds is 6. The molecule has 0 aliphatic carbocycles. The van der Waals surface area contributed by atoms with Gasteiger partial charge < -0.3 is 5.32 Å². The molecule has 3 N–H and O–H groups in total. The lowest BCUT2D eigenvalue weighted by molar-refractivity contribution is -0.525. The van der Waals surface area contributed by atoms with Gasteiger partial charge in [-0.05, 0) is 17.4 Å². The van der Waals surface area contributed by atoms with E-state index in [4.69, 9.17) is 5.41 Å². The van der Waals surface area contributed by atoms with Gasteiger partial charge in [-0.15, -0.1) is 11.8 Å². The molecule has 0 unspecified atom stereocenters. The van der Waals surface area contributed by atoms with Crippen molar-refractivity contribution in [3.05, 3.63) is 21.6 Å². The highest BCUT2D eigenvalue weighted by molar-refractivity contribution is 8.02. The zero-order chi connectivity index (χ0) is 11.8. The Kier molecular flexibility index (Phi) is 6.04. The maximum absolute atomic E-state index is 9.96. The van der Waals surface area contributed by atoms with E-state index < -0.39 is 5.03 Å². The average Bonchev–Trinajstić information content (AvgIpc) is 2.68. The monoisotopic (exact) mass is 263 g/mol. The van der Waals surface area contributed by atoms with Gasteiger partial charge in [0, 0.05) is 18.8 Å². The summed E-state index contributed by atoms with van der Waals surface area (Å²) < 4.78 is 2.20. The molecule has 0 saturated heterocycles. The van der Waals surface area contributed by atoms with Crippen LogP contribution in [0.4, 0.5) is 0 Å². The molecule has 1 rings (SSSR count). The van der Waals surface area contributed by atoms with Crippen molar-refractivity contribution in [2.45, 2.75) is 0 Å². The van der Waals surface area contributed by atoms with Gasteiger partial charge in [-0.2, -0.15) is 0 Å². The molecule has 1 heterocycles. The minimum absolute atomic E-state index is 0.275. The molecule has 9 heteroatoms. The zero-order valence-corrected chi connectivity index (χ0v) is 10.1. The molecule has 0 fully saturated rings. The third-order valence-electron chi connectivity index (χ3n) is 1.60. The summed E-state index contributed by atoms with van der Waals surface area (Å²) in [5.41, 5.74) is 1.74. The molecule has 1 aliphatic heterocycles. The number of hydrazine groups is 1. The molecule has 0 aromatic rings. The molecule has 7 nitrogen and oxygen atoms in total. The number of guanidine groups is 1. The highest BCUT2D eigenvalue weighted by Crippen LogP contribution is 2.20. The van der Waals surface area contributed by atoms with Gasteiger partial charge in [0.15, 0.2) is 5.03 Å². The Balaban J connectivity index is 1.91. The van der Waals surface area contributed by atoms with Gasteiger partial charge in [-0.3, -0.25) is 5.41 Å². The first kappa shape index (κ1) is 13.1. The maximum atomic E-state index is 9.96. The molecule has 0 radical (unpaired) electrons. The van der Waals surface area contributed by atoms with Crippen LogP contribution >= 0.6 is 23.7 Å². The second kappa shape index (κ2) is 7.36. The second-order valence-electron chi connectivity index (χ2n) is 2.85. The molecule has 0 amide bonds. The van der Waals surface area contributed by atoms with E-state index in [1.165, 1.54) is 0 Å². The average molecular weight is 263 g/mol. The van der Waals surface area contributed by atoms with Crippen LogP contribution in [0.1, 0.15) is 0 Å². The number of hydrogen-bond acceptors (Lipinski definition) is 6. The topological polar surface area (TPSA) is 94.3 Å². The lowest BCUT2D eigenvalue weighted by atomic mass is 10.6. The zero-order valence-electron chi connectivity index (χ0n) is 8.51. The van der Waals surface area contributed by atoms with Gasteiger partial charge >= 0.3 is 0 Å². The van der Waals surface area contributed by atoms with E-state index in [0.29, 0.717) is 6.54 Å². The quantitative estimate of drug-likeness (QED) is 0.160. The number of nitro groups is 1. The first-order valence-corrected chi connectivity index (χ1v) is 6.55.